The van der Waals surface area contributed by atoms with Crippen molar-refractivity contribution in [2.75, 3.05) is 40.5 Å². The molecule has 0 radical (unpaired) electrons. The van der Waals surface area contributed by atoms with E-state index in [9.17, 15) is 0 Å². The molecule has 2 rings (SSSR count). The Balaban J connectivity index is 1.79. The monoisotopic (exact) mass is 361 g/mol. The first-order valence-electron chi connectivity index (χ1n) is 9.79. The van der Waals surface area contributed by atoms with Gasteiger partial charge < -0.3 is 19.7 Å². The van der Waals surface area contributed by atoms with Crippen LogP contribution in [-0.2, 0) is 11.3 Å². The zero-order chi connectivity index (χ0) is 18.8. The summed E-state index contributed by atoms with van der Waals surface area (Å²) in [6.07, 6.45) is 3.56. The fourth-order valence-corrected chi connectivity index (χ4v) is 3.09. The van der Waals surface area contributed by atoms with Crippen LogP contribution in [0.5, 0.6) is 5.75 Å². The lowest BCUT2D eigenvalue weighted by molar-refractivity contribution is 0.0625. The third kappa shape index (κ3) is 7.24. The van der Waals surface area contributed by atoms with E-state index in [1.807, 2.05) is 19.2 Å². The van der Waals surface area contributed by atoms with Crippen LogP contribution in [0, 0.1) is 11.8 Å². The predicted octanol–water partition coefficient (Wildman–Crippen LogP) is 3.55. The molecule has 1 N–H and O–H groups in total. The summed E-state index contributed by atoms with van der Waals surface area (Å²) in [4.78, 5) is 6.64. The SMILES string of the molecule is CN=C(NCc1cccc(OCC(C)C)c1)N(C)CCC1CCOCC1. The van der Waals surface area contributed by atoms with Gasteiger partial charge in [0.2, 0.25) is 0 Å². The lowest BCUT2D eigenvalue weighted by Crippen LogP contribution is -2.39. The third-order valence-corrected chi connectivity index (χ3v) is 4.72. The van der Waals surface area contributed by atoms with Gasteiger partial charge in [-0.15, -0.1) is 0 Å². The van der Waals surface area contributed by atoms with Crippen molar-refractivity contribution in [3.63, 3.8) is 0 Å². The van der Waals surface area contributed by atoms with Crippen molar-refractivity contribution < 1.29 is 9.47 Å². The number of hydrogen-bond acceptors (Lipinski definition) is 3. The minimum absolute atomic E-state index is 0.528. The van der Waals surface area contributed by atoms with Gasteiger partial charge in [-0.05, 0) is 48.8 Å². The smallest absolute Gasteiger partial charge is 0.193 e. The van der Waals surface area contributed by atoms with Gasteiger partial charge in [-0.3, -0.25) is 4.99 Å². The summed E-state index contributed by atoms with van der Waals surface area (Å²) in [5, 5.41) is 3.46. The second kappa shape index (κ2) is 11.1. The van der Waals surface area contributed by atoms with E-state index in [1.165, 1.54) is 24.8 Å². The number of nitrogens with zero attached hydrogens (tertiary/aromatic N) is 2. The van der Waals surface area contributed by atoms with Crippen LogP contribution in [0.1, 0.15) is 38.7 Å². The Kier molecular flexibility index (Phi) is 8.75. The van der Waals surface area contributed by atoms with Crippen LogP contribution in [0.25, 0.3) is 0 Å². The summed E-state index contributed by atoms with van der Waals surface area (Å²) in [6.45, 7) is 8.65. The van der Waals surface area contributed by atoms with E-state index >= 15 is 0 Å². The zero-order valence-electron chi connectivity index (χ0n) is 16.8. The average Bonchev–Trinajstić information content (AvgIpc) is 2.66. The number of benzene rings is 1. The van der Waals surface area contributed by atoms with Crippen LogP contribution in [0.4, 0.5) is 0 Å². The molecule has 0 aliphatic carbocycles. The van der Waals surface area contributed by atoms with Gasteiger partial charge in [-0.1, -0.05) is 26.0 Å². The Morgan fingerprint density at radius 3 is 2.81 bits per heavy atom. The highest BCUT2D eigenvalue weighted by Gasteiger charge is 2.15. The van der Waals surface area contributed by atoms with Crippen LogP contribution in [-0.4, -0.2) is 51.3 Å². The van der Waals surface area contributed by atoms with Crippen LogP contribution >= 0.6 is 0 Å². The van der Waals surface area contributed by atoms with E-state index in [4.69, 9.17) is 9.47 Å². The maximum absolute atomic E-state index is 5.82. The van der Waals surface area contributed by atoms with Gasteiger partial charge in [-0.25, -0.2) is 0 Å². The van der Waals surface area contributed by atoms with Gasteiger partial charge >= 0.3 is 0 Å². The number of ether oxygens (including phenoxy) is 2. The topological polar surface area (TPSA) is 46.1 Å². The van der Waals surface area contributed by atoms with Gasteiger partial charge in [0.1, 0.15) is 5.75 Å². The lowest BCUT2D eigenvalue weighted by atomic mass is 9.96. The molecule has 0 amide bonds. The van der Waals surface area contributed by atoms with Crippen molar-refractivity contribution >= 4 is 5.96 Å². The van der Waals surface area contributed by atoms with Gasteiger partial charge in [0, 0.05) is 40.4 Å². The molecule has 1 aromatic carbocycles. The van der Waals surface area contributed by atoms with E-state index in [0.717, 1.165) is 50.5 Å². The van der Waals surface area contributed by atoms with Crippen molar-refractivity contribution in [1.29, 1.82) is 0 Å². The molecule has 1 fully saturated rings. The first-order chi connectivity index (χ1) is 12.6. The molecule has 1 aromatic rings. The summed E-state index contributed by atoms with van der Waals surface area (Å²) in [7, 11) is 3.95. The molecule has 0 atom stereocenters. The Labute approximate surface area is 158 Å². The first-order valence-corrected chi connectivity index (χ1v) is 9.79. The first kappa shape index (κ1) is 20.6. The highest BCUT2D eigenvalue weighted by Crippen LogP contribution is 2.18. The Bertz CT molecular complexity index is 554. The molecule has 0 bridgehead atoms. The molecule has 1 heterocycles. The molecule has 0 spiro atoms. The number of guanidine groups is 1. The largest absolute Gasteiger partial charge is 0.493 e. The Hall–Kier alpha value is -1.75. The molecule has 146 valence electrons. The number of aliphatic imine (C=N–C) groups is 1. The summed E-state index contributed by atoms with van der Waals surface area (Å²) in [5.41, 5.74) is 1.20. The molecule has 0 saturated carbocycles. The molecule has 0 unspecified atom stereocenters. The van der Waals surface area contributed by atoms with Crippen molar-refractivity contribution in [2.24, 2.45) is 16.8 Å². The molecule has 1 aliphatic rings. The van der Waals surface area contributed by atoms with Gasteiger partial charge in [-0.2, -0.15) is 0 Å². The standard InChI is InChI=1S/C21H35N3O2/c1-17(2)16-26-20-7-5-6-19(14-20)15-23-21(22-3)24(4)11-8-18-9-12-25-13-10-18/h5-7,14,17-18H,8-13,15-16H2,1-4H3,(H,22,23). The average molecular weight is 362 g/mol. The van der Waals surface area contributed by atoms with Gasteiger partial charge in [0.25, 0.3) is 0 Å². The normalized spacial score (nSPS) is 16.0. The van der Waals surface area contributed by atoms with E-state index in [0.29, 0.717) is 5.92 Å². The quantitative estimate of drug-likeness (QED) is 0.568. The highest BCUT2D eigenvalue weighted by atomic mass is 16.5. The van der Waals surface area contributed by atoms with Crippen LogP contribution in [0.15, 0.2) is 29.3 Å². The van der Waals surface area contributed by atoms with E-state index < -0.39 is 0 Å². The maximum atomic E-state index is 5.82. The molecular weight excluding hydrogens is 326 g/mol. The third-order valence-electron chi connectivity index (χ3n) is 4.72. The molecule has 0 aromatic heterocycles. The van der Waals surface area contributed by atoms with Crippen molar-refractivity contribution in [3.05, 3.63) is 29.8 Å². The molecule has 1 aliphatic heterocycles. The predicted molar refractivity (Wildman–Crippen MR) is 108 cm³/mol. The summed E-state index contributed by atoms with van der Waals surface area (Å²) >= 11 is 0. The molecule has 1 saturated heterocycles. The highest BCUT2D eigenvalue weighted by molar-refractivity contribution is 5.79. The number of nitrogens with one attached hydrogen (secondary N) is 1. The molecule has 26 heavy (non-hydrogen) atoms. The molecular formula is C21H35N3O2. The fourth-order valence-electron chi connectivity index (χ4n) is 3.09. The zero-order valence-corrected chi connectivity index (χ0v) is 16.8. The number of rotatable bonds is 8. The summed E-state index contributed by atoms with van der Waals surface area (Å²) in [5.74, 6) is 3.17. The maximum Gasteiger partial charge on any atom is 0.193 e. The Morgan fingerprint density at radius 1 is 1.35 bits per heavy atom. The minimum atomic E-state index is 0.528. The summed E-state index contributed by atoms with van der Waals surface area (Å²) < 4.78 is 11.3. The second-order valence-electron chi connectivity index (χ2n) is 7.52. The van der Waals surface area contributed by atoms with Crippen molar-refractivity contribution in [3.8, 4) is 5.75 Å². The van der Waals surface area contributed by atoms with E-state index in [2.05, 4.69) is 48.2 Å². The van der Waals surface area contributed by atoms with Crippen LogP contribution < -0.4 is 10.1 Å². The Morgan fingerprint density at radius 2 is 2.12 bits per heavy atom. The van der Waals surface area contributed by atoms with E-state index in [1.54, 1.807) is 0 Å². The number of hydrogen-bond donors (Lipinski definition) is 1. The second-order valence-corrected chi connectivity index (χ2v) is 7.52. The molecule has 5 nitrogen and oxygen atoms in total. The van der Waals surface area contributed by atoms with Gasteiger partial charge in [0.15, 0.2) is 5.96 Å². The van der Waals surface area contributed by atoms with Crippen molar-refractivity contribution in [1.82, 2.24) is 10.2 Å². The lowest BCUT2D eigenvalue weighted by Gasteiger charge is -2.27. The molecule has 5 heteroatoms. The van der Waals surface area contributed by atoms with Crippen LogP contribution in [0.3, 0.4) is 0 Å². The minimum Gasteiger partial charge on any atom is -0.493 e. The van der Waals surface area contributed by atoms with Crippen molar-refractivity contribution in [2.45, 2.75) is 39.7 Å². The van der Waals surface area contributed by atoms with Crippen LogP contribution in [0.2, 0.25) is 0 Å². The van der Waals surface area contributed by atoms with Gasteiger partial charge in [0.05, 0.1) is 6.61 Å². The fraction of sp³-hybridized carbons (Fsp3) is 0.667. The summed E-state index contributed by atoms with van der Waals surface area (Å²) in [6, 6.07) is 8.28. The van der Waals surface area contributed by atoms with E-state index in [-0.39, 0.29) is 0 Å².